The van der Waals surface area contributed by atoms with E-state index in [1.807, 2.05) is 0 Å². The third-order valence-electron chi connectivity index (χ3n) is 3.10. The molecule has 1 amide bonds. The lowest BCUT2D eigenvalue weighted by Gasteiger charge is -2.08. The topological polar surface area (TPSA) is 97.8 Å². The fourth-order valence-corrected chi connectivity index (χ4v) is 2.86. The summed E-state index contributed by atoms with van der Waals surface area (Å²) in [6.45, 7) is 2.29. The number of carboxylic acid groups (broad SMARTS) is 1. The van der Waals surface area contributed by atoms with E-state index in [0.29, 0.717) is 29.6 Å². The van der Waals surface area contributed by atoms with Gasteiger partial charge >= 0.3 is 5.97 Å². The second kappa shape index (κ2) is 8.30. The van der Waals surface area contributed by atoms with Crippen LogP contribution in [-0.4, -0.2) is 42.2 Å². The maximum atomic E-state index is 11.8. The highest BCUT2D eigenvalue weighted by Gasteiger charge is 2.15. The largest absolute Gasteiger partial charge is 0.497 e. The monoisotopic (exact) mass is 350 g/mol. The summed E-state index contributed by atoms with van der Waals surface area (Å²) in [5, 5.41) is 12.2. The summed E-state index contributed by atoms with van der Waals surface area (Å²) >= 11 is 1.02. The Kier molecular flexibility index (Phi) is 6.14. The van der Waals surface area contributed by atoms with Crippen molar-refractivity contribution in [2.45, 2.75) is 13.3 Å². The molecule has 7 nitrogen and oxygen atoms in total. The van der Waals surface area contributed by atoms with E-state index in [4.69, 9.17) is 14.6 Å². The number of aryl methyl sites for hydroxylation is 1. The van der Waals surface area contributed by atoms with Crippen LogP contribution < -0.4 is 14.8 Å². The van der Waals surface area contributed by atoms with E-state index in [1.165, 1.54) is 0 Å². The van der Waals surface area contributed by atoms with Gasteiger partial charge in [0.1, 0.15) is 28.0 Å². The molecule has 2 N–H and O–H groups in total. The van der Waals surface area contributed by atoms with E-state index in [1.54, 1.807) is 38.3 Å². The molecule has 1 aromatic carbocycles. The van der Waals surface area contributed by atoms with E-state index in [-0.39, 0.29) is 17.2 Å². The van der Waals surface area contributed by atoms with Crippen LogP contribution in [0.1, 0.15) is 20.4 Å². The lowest BCUT2D eigenvalue weighted by atomic mass is 10.3. The van der Waals surface area contributed by atoms with Crippen molar-refractivity contribution < 1.29 is 24.2 Å². The van der Waals surface area contributed by atoms with Crippen molar-refractivity contribution >= 4 is 23.2 Å². The normalized spacial score (nSPS) is 10.2. The van der Waals surface area contributed by atoms with Crippen molar-refractivity contribution in [3.63, 3.8) is 0 Å². The van der Waals surface area contributed by atoms with Gasteiger partial charge in [-0.25, -0.2) is 9.78 Å². The molecule has 0 spiro atoms. The van der Waals surface area contributed by atoms with Gasteiger partial charge in [-0.05, 0) is 31.2 Å². The maximum absolute atomic E-state index is 11.8. The molecule has 0 saturated carbocycles. The van der Waals surface area contributed by atoms with Crippen molar-refractivity contribution in [2.24, 2.45) is 0 Å². The molecule has 1 aromatic heterocycles. The molecule has 24 heavy (non-hydrogen) atoms. The standard InChI is InChI=1S/C16H18N2O5S/c1-10-15(16(20)21)24-14(18-10)9-13(19)17-7-8-23-12-5-3-11(22-2)4-6-12/h3-6H,7-9H2,1-2H3,(H,17,19)(H,20,21). The number of amides is 1. The predicted octanol–water partition coefficient (Wildman–Crippen LogP) is 1.90. The molecule has 0 radical (unpaired) electrons. The third-order valence-corrected chi connectivity index (χ3v) is 4.24. The zero-order valence-corrected chi connectivity index (χ0v) is 14.2. The second-order valence-electron chi connectivity index (χ2n) is 4.88. The number of carbonyl (C=O) groups excluding carboxylic acids is 1. The van der Waals surface area contributed by atoms with E-state index in [2.05, 4.69) is 10.3 Å². The minimum absolute atomic E-state index is 0.0569. The smallest absolute Gasteiger partial charge is 0.347 e. The molecule has 0 aliphatic heterocycles. The van der Waals surface area contributed by atoms with Crippen LogP contribution in [0.15, 0.2) is 24.3 Å². The third kappa shape index (κ3) is 4.95. The van der Waals surface area contributed by atoms with Gasteiger partial charge < -0.3 is 19.9 Å². The molecule has 0 bridgehead atoms. The maximum Gasteiger partial charge on any atom is 0.347 e. The quantitative estimate of drug-likeness (QED) is 0.706. The molecular formula is C16H18N2O5S. The molecule has 8 heteroatoms. The molecule has 0 unspecified atom stereocenters. The van der Waals surface area contributed by atoms with Crippen molar-refractivity contribution in [1.82, 2.24) is 10.3 Å². The van der Waals surface area contributed by atoms with Gasteiger partial charge in [-0.3, -0.25) is 4.79 Å². The molecule has 2 aromatic rings. The molecule has 128 valence electrons. The highest BCUT2D eigenvalue weighted by molar-refractivity contribution is 7.13. The lowest BCUT2D eigenvalue weighted by Crippen LogP contribution is -2.29. The van der Waals surface area contributed by atoms with E-state index >= 15 is 0 Å². The van der Waals surface area contributed by atoms with Crippen LogP contribution in [-0.2, 0) is 11.2 Å². The summed E-state index contributed by atoms with van der Waals surface area (Å²) in [6, 6.07) is 7.15. The summed E-state index contributed by atoms with van der Waals surface area (Å²) in [5.74, 6) is 0.186. The van der Waals surface area contributed by atoms with Crippen molar-refractivity contribution in [3.8, 4) is 11.5 Å². The minimum Gasteiger partial charge on any atom is -0.497 e. The number of methoxy groups -OCH3 is 1. The molecular weight excluding hydrogens is 332 g/mol. The minimum atomic E-state index is -1.02. The first-order valence-electron chi connectivity index (χ1n) is 7.22. The number of thiazole rings is 1. The number of ether oxygens (including phenoxy) is 2. The fourth-order valence-electron chi connectivity index (χ4n) is 1.96. The van der Waals surface area contributed by atoms with Gasteiger partial charge in [-0.2, -0.15) is 0 Å². The number of aromatic nitrogens is 1. The van der Waals surface area contributed by atoms with Gasteiger partial charge in [0.05, 0.1) is 25.8 Å². The number of carbonyl (C=O) groups is 2. The van der Waals surface area contributed by atoms with Gasteiger partial charge in [0.15, 0.2) is 0 Å². The predicted molar refractivity (Wildman–Crippen MR) is 89.0 cm³/mol. The fraction of sp³-hybridized carbons (Fsp3) is 0.312. The highest BCUT2D eigenvalue weighted by Crippen LogP contribution is 2.18. The summed E-state index contributed by atoms with van der Waals surface area (Å²) < 4.78 is 10.6. The molecule has 0 aliphatic carbocycles. The summed E-state index contributed by atoms with van der Waals surface area (Å²) in [5.41, 5.74) is 0.429. The molecule has 0 saturated heterocycles. The highest BCUT2D eigenvalue weighted by atomic mass is 32.1. The Morgan fingerprint density at radius 1 is 1.25 bits per heavy atom. The zero-order valence-electron chi connectivity index (χ0n) is 13.4. The summed E-state index contributed by atoms with van der Waals surface area (Å²) in [4.78, 5) is 27.1. The Morgan fingerprint density at radius 3 is 2.50 bits per heavy atom. The lowest BCUT2D eigenvalue weighted by molar-refractivity contribution is -0.120. The number of carboxylic acids is 1. The Balaban J connectivity index is 1.73. The number of hydrogen-bond donors (Lipinski definition) is 2. The van der Waals surface area contributed by atoms with Crippen molar-refractivity contribution in [3.05, 3.63) is 39.8 Å². The van der Waals surface area contributed by atoms with E-state index < -0.39 is 5.97 Å². The average molecular weight is 350 g/mol. The van der Waals surface area contributed by atoms with Gasteiger partial charge in [-0.15, -0.1) is 11.3 Å². The summed E-state index contributed by atoms with van der Waals surface area (Å²) in [7, 11) is 1.59. The van der Waals surface area contributed by atoms with E-state index in [9.17, 15) is 9.59 Å². The first-order chi connectivity index (χ1) is 11.5. The number of benzene rings is 1. The number of nitrogens with zero attached hydrogens (tertiary/aromatic N) is 1. The van der Waals surface area contributed by atoms with Crippen LogP contribution in [0.2, 0.25) is 0 Å². The molecule has 0 fully saturated rings. The number of nitrogens with one attached hydrogen (secondary N) is 1. The van der Waals surface area contributed by atoms with Crippen molar-refractivity contribution in [2.75, 3.05) is 20.3 Å². The average Bonchev–Trinajstić information content (AvgIpc) is 2.92. The van der Waals surface area contributed by atoms with E-state index in [0.717, 1.165) is 17.1 Å². The Morgan fingerprint density at radius 2 is 1.92 bits per heavy atom. The second-order valence-corrected chi connectivity index (χ2v) is 5.96. The summed E-state index contributed by atoms with van der Waals surface area (Å²) in [6.07, 6.45) is 0.0569. The zero-order chi connectivity index (χ0) is 17.5. The molecule has 1 heterocycles. The Labute approximate surface area is 143 Å². The SMILES string of the molecule is COc1ccc(OCCNC(=O)Cc2nc(C)c(C(=O)O)s2)cc1. The van der Waals surface area contributed by atoms with Crippen LogP contribution >= 0.6 is 11.3 Å². The Hall–Kier alpha value is -2.61. The number of rotatable bonds is 8. The first-order valence-corrected chi connectivity index (χ1v) is 8.04. The van der Waals surface area contributed by atoms with Gasteiger partial charge in [0.2, 0.25) is 5.91 Å². The molecule has 0 aliphatic rings. The molecule has 0 atom stereocenters. The molecule has 2 rings (SSSR count). The van der Waals surface area contributed by atoms with Gasteiger partial charge in [0, 0.05) is 0 Å². The number of aromatic carboxylic acids is 1. The van der Waals surface area contributed by atoms with Crippen molar-refractivity contribution in [1.29, 1.82) is 0 Å². The van der Waals surface area contributed by atoms with Crippen LogP contribution in [0.3, 0.4) is 0 Å². The van der Waals surface area contributed by atoms with Crippen LogP contribution in [0.25, 0.3) is 0 Å². The van der Waals surface area contributed by atoms with Crippen LogP contribution in [0.5, 0.6) is 11.5 Å². The van der Waals surface area contributed by atoms with Gasteiger partial charge in [0.25, 0.3) is 0 Å². The Bertz CT molecular complexity index is 712. The van der Waals surface area contributed by atoms with Gasteiger partial charge in [-0.1, -0.05) is 0 Å². The first kappa shape index (κ1) is 17.7. The van der Waals surface area contributed by atoms with Crippen LogP contribution in [0, 0.1) is 6.92 Å². The number of hydrogen-bond acceptors (Lipinski definition) is 6. The van der Waals surface area contributed by atoms with Crippen LogP contribution in [0.4, 0.5) is 0 Å².